The van der Waals surface area contributed by atoms with Gasteiger partial charge in [-0.25, -0.2) is 13.8 Å². The summed E-state index contributed by atoms with van der Waals surface area (Å²) in [5.41, 5.74) is 11.0. The van der Waals surface area contributed by atoms with Crippen molar-refractivity contribution in [3.63, 3.8) is 0 Å². The maximum Gasteiger partial charge on any atom is 0.271 e. The van der Waals surface area contributed by atoms with Crippen molar-refractivity contribution >= 4 is 27.8 Å². The summed E-state index contributed by atoms with van der Waals surface area (Å²) in [7, 11) is -3.48. The molecule has 0 unspecified atom stereocenters. The molecule has 1 N–H and O–H groups in total. The minimum absolute atomic E-state index is 0.166. The zero-order valence-corrected chi connectivity index (χ0v) is 23.1. The summed E-state index contributed by atoms with van der Waals surface area (Å²) >= 11 is 0. The van der Waals surface area contributed by atoms with E-state index in [4.69, 9.17) is 0 Å². The number of nitrogens with zero attached hydrogens (tertiary/aromatic N) is 3. The van der Waals surface area contributed by atoms with Gasteiger partial charge in [0.1, 0.15) is 0 Å². The molecule has 0 saturated carbocycles. The number of nitrogens with one attached hydrogen (secondary N) is 1. The van der Waals surface area contributed by atoms with Gasteiger partial charge in [0.05, 0.1) is 30.4 Å². The lowest BCUT2D eigenvalue weighted by atomic mass is 10.1. The van der Waals surface area contributed by atoms with Crippen LogP contribution in [0, 0.1) is 27.7 Å². The third kappa shape index (κ3) is 5.86. The van der Waals surface area contributed by atoms with Crippen LogP contribution in [0.4, 0.5) is 5.69 Å². The van der Waals surface area contributed by atoms with Crippen LogP contribution in [-0.2, 0) is 16.6 Å². The molecule has 38 heavy (non-hydrogen) atoms. The van der Waals surface area contributed by atoms with E-state index in [0.717, 1.165) is 28.2 Å². The number of hydrazone groups is 1. The van der Waals surface area contributed by atoms with Crippen molar-refractivity contribution in [1.82, 2.24) is 9.99 Å². The number of carbonyl (C=O) groups excluding carboxylic acids is 1. The molecule has 0 aliphatic carbocycles. The van der Waals surface area contributed by atoms with E-state index in [0.29, 0.717) is 11.3 Å². The predicted molar refractivity (Wildman–Crippen MR) is 154 cm³/mol. The van der Waals surface area contributed by atoms with Crippen molar-refractivity contribution in [3.05, 3.63) is 118 Å². The fraction of sp³-hybridized carbons (Fsp3) is 0.200. The van der Waals surface area contributed by atoms with Gasteiger partial charge in [-0.1, -0.05) is 48.5 Å². The predicted octanol–water partition coefficient (Wildman–Crippen LogP) is 5.44. The minimum atomic E-state index is -3.48. The number of anilines is 1. The second-order valence-corrected chi connectivity index (χ2v) is 11.3. The monoisotopic (exact) mass is 528 g/mol. The SMILES string of the molecule is Cc1cccc(C)c1-n1c(C)cc(/C=N\NC(=O)c2ccc(CN(c3ccccc3)S(C)(=O)=O)cc2)c1C. The molecule has 1 amide bonds. The molecule has 7 nitrogen and oxygen atoms in total. The van der Waals surface area contributed by atoms with Crippen LogP contribution in [0.3, 0.4) is 0 Å². The van der Waals surface area contributed by atoms with Crippen LogP contribution in [0.1, 0.15) is 44.0 Å². The number of sulfonamides is 1. The highest BCUT2D eigenvalue weighted by molar-refractivity contribution is 7.92. The molecule has 0 saturated heterocycles. The van der Waals surface area contributed by atoms with Crippen molar-refractivity contribution in [2.24, 2.45) is 5.10 Å². The summed E-state index contributed by atoms with van der Waals surface area (Å²) in [6.07, 6.45) is 2.84. The summed E-state index contributed by atoms with van der Waals surface area (Å²) in [4.78, 5) is 12.7. The molecule has 4 aromatic rings. The molecule has 1 heterocycles. The third-order valence-electron chi connectivity index (χ3n) is 6.49. The number of aromatic nitrogens is 1. The Kier molecular flexibility index (Phi) is 7.83. The molecule has 0 aliphatic rings. The Bertz CT molecular complexity index is 1570. The molecule has 196 valence electrons. The van der Waals surface area contributed by atoms with Gasteiger partial charge in [-0.2, -0.15) is 5.10 Å². The Labute approximate surface area is 224 Å². The van der Waals surface area contributed by atoms with Crippen LogP contribution in [0.25, 0.3) is 5.69 Å². The molecule has 0 fully saturated rings. The number of para-hydroxylation sites is 2. The van der Waals surface area contributed by atoms with Crippen molar-refractivity contribution in [2.75, 3.05) is 10.6 Å². The average molecular weight is 529 g/mol. The van der Waals surface area contributed by atoms with Gasteiger partial charge < -0.3 is 4.57 Å². The number of aryl methyl sites for hydroxylation is 3. The summed E-state index contributed by atoms with van der Waals surface area (Å²) in [6.45, 7) is 8.45. The lowest BCUT2D eigenvalue weighted by Gasteiger charge is -2.22. The number of carbonyl (C=O) groups is 1. The zero-order valence-electron chi connectivity index (χ0n) is 22.3. The van der Waals surface area contributed by atoms with E-state index in [-0.39, 0.29) is 12.5 Å². The normalized spacial score (nSPS) is 11.6. The molecule has 0 bridgehead atoms. The first-order valence-corrected chi connectivity index (χ1v) is 14.1. The highest BCUT2D eigenvalue weighted by Gasteiger charge is 2.18. The molecule has 4 rings (SSSR count). The van der Waals surface area contributed by atoms with E-state index in [1.807, 2.05) is 19.1 Å². The van der Waals surface area contributed by atoms with Gasteiger partial charge in [0.2, 0.25) is 10.0 Å². The Balaban J connectivity index is 1.46. The highest BCUT2D eigenvalue weighted by atomic mass is 32.2. The maximum absolute atomic E-state index is 12.7. The van der Waals surface area contributed by atoms with E-state index in [2.05, 4.69) is 54.1 Å². The van der Waals surface area contributed by atoms with E-state index in [1.54, 1.807) is 54.7 Å². The molecular formula is C30H32N4O3S. The van der Waals surface area contributed by atoms with Crippen molar-refractivity contribution in [1.29, 1.82) is 0 Å². The van der Waals surface area contributed by atoms with Crippen molar-refractivity contribution in [2.45, 2.75) is 34.2 Å². The van der Waals surface area contributed by atoms with Crippen LogP contribution in [-0.4, -0.2) is 31.4 Å². The lowest BCUT2D eigenvalue weighted by molar-refractivity contribution is 0.0955. The molecule has 3 aromatic carbocycles. The quantitative estimate of drug-likeness (QED) is 0.244. The van der Waals surface area contributed by atoms with Crippen LogP contribution in [0.5, 0.6) is 0 Å². The van der Waals surface area contributed by atoms with Crippen molar-refractivity contribution < 1.29 is 13.2 Å². The lowest BCUT2D eigenvalue weighted by Crippen LogP contribution is -2.29. The minimum Gasteiger partial charge on any atom is -0.317 e. The Morgan fingerprint density at radius 3 is 2.16 bits per heavy atom. The highest BCUT2D eigenvalue weighted by Crippen LogP contribution is 2.25. The van der Waals surface area contributed by atoms with Gasteiger partial charge >= 0.3 is 0 Å². The van der Waals surface area contributed by atoms with E-state index >= 15 is 0 Å². The second-order valence-electron chi connectivity index (χ2n) is 9.40. The largest absolute Gasteiger partial charge is 0.317 e. The first-order chi connectivity index (χ1) is 18.1. The summed E-state index contributed by atoms with van der Waals surface area (Å²) in [5, 5.41) is 4.19. The van der Waals surface area contributed by atoms with E-state index in [9.17, 15) is 13.2 Å². The van der Waals surface area contributed by atoms with Crippen LogP contribution in [0.15, 0.2) is 84.0 Å². The number of amides is 1. The van der Waals surface area contributed by atoms with Gasteiger partial charge in [-0.15, -0.1) is 0 Å². The molecular weight excluding hydrogens is 496 g/mol. The number of hydrogen-bond acceptors (Lipinski definition) is 4. The Hall–Kier alpha value is -4.17. The Morgan fingerprint density at radius 2 is 1.55 bits per heavy atom. The summed E-state index contributed by atoms with van der Waals surface area (Å²) in [5.74, 6) is -0.348. The van der Waals surface area contributed by atoms with Gasteiger partial charge in [0, 0.05) is 22.5 Å². The number of hydrogen-bond donors (Lipinski definition) is 1. The standard InChI is InChI=1S/C30H32N4O3S/c1-21-10-9-11-22(2)29(21)34-23(3)18-27(24(34)4)19-31-32-30(35)26-16-14-25(15-17-26)20-33(38(5,36)37)28-12-7-6-8-13-28/h6-19H,20H2,1-5H3,(H,32,35)/b31-19-. The van der Waals surface area contributed by atoms with E-state index in [1.165, 1.54) is 21.7 Å². The summed E-state index contributed by atoms with van der Waals surface area (Å²) < 4.78 is 28.2. The van der Waals surface area contributed by atoms with Gasteiger partial charge in [-0.3, -0.25) is 9.10 Å². The fourth-order valence-electron chi connectivity index (χ4n) is 4.57. The fourth-order valence-corrected chi connectivity index (χ4v) is 5.46. The van der Waals surface area contributed by atoms with Crippen LogP contribution in [0.2, 0.25) is 0 Å². The van der Waals surface area contributed by atoms with Gasteiger partial charge in [0.25, 0.3) is 5.91 Å². The summed E-state index contributed by atoms with van der Waals surface area (Å²) in [6, 6.07) is 24.0. The topological polar surface area (TPSA) is 83.8 Å². The second kappa shape index (κ2) is 11.1. The zero-order chi connectivity index (χ0) is 27.4. The Morgan fingerprint density at radius 1 is 0.921 bits per heavy atom. The molecule has 8 heteroatoms. The van der Waals surface area contributed by atoms with Crippen molar-refractivity contribution in [3.8, 4) is 5.69 Å². The first-order valence-electron chi connectivity index (χ1n) is 12.3. The molecule has 1 aromatic heterocycles. The smallest absolute Gasteiger partial charge is 0.271 e. The van der Waals surface area contributed by atoms with Gasteiger partial charge in [0.15, 0.2) is 0 Å². The molecule has 0 radical (unpaired) electrons. The maximum atomic E-state index is 12.7. The third-order valence-corrected chi connectivity index (χ3v) is 7.63. The van der Waals surface area contributed by atoms with Crippen LogP contribution >= 0.6 is 0 Å². The average Bonchev–Trinajstić information content (AvgIpc) is 3.15. The van der Waals surface area contributed by atoms with Gasteiger partial charge in [-0.05, 0) is 74.7 Å². The number of rotatable bonds is 8. The van der Waals surface area contributed by atoms with E-state index < -0.39 is 10.0 Å². The molecule has 0 atom stereocenters. The number of benzene rings is 3. The van der Waals surface area contributed by atoms with Crippen LogP contribution < -0.4 is 9.73 Å². The molecule has 0 spiro atoms. The molecule has 0 aliphatic heterocycles. The first kappa shape index (κ1) is 26.9.